The molecule has 10 nitrogen and oxygen atoms in total. The first-order valence-corrected chi connectivity index (χ1v) is 14.4. The van der Waals surface area contributed by atoms with Gasteiger partial charge in [0.1, 0.15) is 18.8 Å². The van der Waals surface area contributed by atoms with Gasteiger partial charge < -0.3 is 23.9 Å². The van der Waals surface area contributed by atoms with Crippen molar-refractivity contribution in [1.29, 1.82) is 0 Å². The molecule has 10 heteroatoms. The van der Waals surface area contributed by atoms with Crippen molar-refractivity contribution in [2.75, 3.05) is 0 Å². The normalized spacial score (nSPS) is 32.9. The van der Waals surface area contributed by atoms with Gasteiger partial charge in [0.15, 0.2) is 11.9 Å². The van der Waals surface area contributed by atoms with Crippen LogP contribution in [0.4, 0.5) is 0 Å². The van der Waals surface area contributed by atoms with E-state index in [1.54, 1.807) is 13.0 Å². The smallest absolute Gasteiger partial charge is 0.328 e. The quantitative estimate of drug-likeness (QED) is 0.380. The molecule has 1 aromatic heterocycles. The zero-order valence-corrected chi connectivity index (χ0v) is 24.3. The highest BCUT2D eigenvalue weighted by atomic mass is 16.6. The van der Waals surface area contributed by atoms with Crippen molar-refractivity contribution < 1.29 is 42.6 Å². The van der Waals surface area contributed by atoms with Gasteiger partial charge in [0.2, 0.25) is 5.91 Å². The average molecular weight is 580 g/mol. The highest BCUT2D eigenvalue weighted by Crippen LogP contribution is 2.65. The third-order valence-electron chi connectivity index (χ3n) is 9.58. The van der Waals surface area contributed by atoms with E-state index in [1.807, 2.05) is 44.2 Å². The Bertz CT molecular complexity index is 1360. The number of esters is 3. The Balaban J connectivity index is 1.41. The van der Waals surface area contributed by atoms with Gasteiger partial charge in [0.05, 0.1) is 18.4 Å². The van der Waals surface area contributed by atoms with Crippen molar-refractivity contribution >= 4 is 29.6 Å². The minimum atomic E-state index is -1.16. The summed E-state index contributed by atoms with van der Waals surface area (Å²) in [7, 11) is 0. The number of hydrogen-bond donors (Lipinski definition) is 1. The number of furan rings is 1. The summed E-state index contributed by atoms with van der Waals surface area (Å²) in [5.74, 6) is -4.44. The monoisotopic (exact) mass is 579 g/mol. The van der Waals surface area contributed by atoms with Gasteiger partial charge in [-0.1, -0.05) is 44.2 Å². The third-order valence-corrected chi connectivity index (χ3v) is 9.58. The van der Waals surface area contributed by atoms with Crippen LogP contribution in [0.5, 0.6) is 0 Å². The van der Waals surface area contributed by atoms with E-state index in [1.165, 1.54) is 19.5 Å². The van der Waals surface area contributed by atoms with E-state index in [0.29, 0.717) is 24.8 Å². The highest BCUT2D eigenvalue weighted by Gasteiger charge is 2.67. The Morgan fingerprint density at radius 3 is 2.50 bits per heavy atom. The van der Waals surface area contributed by atoms with E-state index < -0.39 is 70.6 Å². The van der Waals surface area contributed by atoms with E-state index >= 15 is 0 Å². The summed E-state index contributed by atoms with van der Waals surface area (Å²) in [5.41, 5.74) is -0.236. The van der Waals surface area contributed by atoms with Crippen LogP contribution in [0, 0.1) is 28.6 Å². The standard InChI is InChI=1S/C32H37NO9/c1-18(29(37)40-16-20-8-6-5-7-9-20)33-28(36)23-14-24(41-19(2)34)26(35)27-31(23,3)12-10-22-30(38)42-25(15-32(22,27)4)21-11-13-39-17-21/h5-9,11,13,17-18,22-25,27H,10,12,14-16H2,1-4H3,(H,33,36)/t18?,22-,23+,24+,25+,27+,31+,32+/m1/s1. The number of carbonyl (C=O) groups is 5. The lowest BCUT2D eigenvalue weighted by Crippen LogP contribution is -2.65. The number of cyclic esters (lactones) is 1. The molecular weight excluding hydrogens is 542 g/mol. The van der Waals surface area contributed by atoms with Crippen LogP contribution in [0.3, 0.4) is 0 Å². The summed E-state index contributed by atoms with van der Waals surface area (Å²) >= 11 is 0. The van der Waals surface area contributed by atoms with Crippen molar-refractivity contribution in [3.8, 4) is 0 Å². The number of hydrogen-bond acceptors (Lipinski definition) is 9. The summed E-state index contributed by atoms with van der Waals surface area (Å²) in [6.45, 7) is 6.64. The molecule has 0 bridgehead atoms. The molecule has 42 heavy (non-hydrogen) atoms. The van der Waals surface area contributed by atoms with Crippen LogP contribution in [0.15, 0.2) is 53.3 Å². The molecule has 2 heterocycles. The van der Waals surface area contributed by atoms with Gasteiger partial charge in [-0.2, -0.15) is 0 Å². The number of carbonyl (C=O) groups excluding carboxylic acids is 5. The number of Topliss-reactive ketones (excluding diaryl/α,β-unsaturated/α-hetero) is 1. The molecule has 0 spiro atoms. The van der Waals surface area contributed by atoms with E-state index in [4.69, 9.17) is 18.6 Å². The number of fused-ring (bicyclic) bond motifs is 3. The van der Waals surface area contributed by atoms with Crippen molar-refractivity contribution in [3.63, 3.8) is 0 Å². The molecule has 8 atom stereocenters. The Hall–Kier alpha value is -3.95. The fourth-order valence-electron chi connectivity index (χ4n) is 7.59. The van der Waals surface area contributed by atoms with Crippen LogP contribution >= 0.6 is 0 Å². The number of rotatable bonds is 7. The number of ketones is 1. The summed E-state index contributed by atoms with van der Waals surface area (Å²) in [4.78, 5) is 66.1. The lowest BCUT2D eigenvalue weighted by molar-refractivity contribution is -0.208. The maximum absolute atomic E-state index is 14.1. The van der Waals surface area contributed by atoms with Crippen LogP contribution in [-0.4, -0.2) is 41.7 Å². The van der Waals surface area contributed by atoms with E-state index in [9.17, 15) is 24.0 Å². The van der Waals surface area contributed by atoms with Crippen LogP contribution in [0.25, 0.3) is 0 Å². The largest absolute Gasteiger partial charge is 0.472 e. The van der Waals surface area contributed by atoms with Gasteiger partial charge >= 0.3 is 17.9 Å². The number of nitrogens with one attached hydrogen (secondary N) is 1. The molecule has 2 aliphatic carbocycles. The first-order chi connectivity index (χ1) is 19.9. The molecule has 2 aromatic rings. The lowest BCUT2D eigenvalue weighted by atomic mass is 9.43. The zero-order chi connectivity index (χ0) is 30.2. The van der Waals surface area contributed by atoms with Crippen LogP contribution in [-0.2, 0) is 44.8 Å². The Morgan fingerprint density at radius 2 is 1.83 bits per heavy atom. The minimum Gasteiger partial charge on any atom is -0.472 e. The number of amides is 1. The van der Waals surface area contributed by atoms with Crippen LogP contribution in [0.1, 0.15) is 70.6 Å². The van der Waals surface area contributed by atoms with Gasteiger partial charge in [0.25, 0.3) is 0 Å². The van der Waals surface area contributed by atoms with Gasteiger partial charge in [-0.25, -0.2) is 4.79 Å². The zero-order valence-electron chi connectivity index (χ0n) is 24.3. The second kappa shape index (κ2) is 11.4. The molecule has 5 rings (SSSR count). The molecule has 224 valence electrons. The van der Waals surface area contributed by atoms with Crippen LogP contribution < -0.4 is 5.32 Å². The van der Waals surface area contributed by atoms with Gasteiger partial charge in [0, 0.05) is 30.7 Å². The molecule has 3 fully saturated rings. The molecule has 1 saturated heterocycles. The van der Waals surface area contributed by atoms with Crippen molar-refractivity contribution in [3.05, 3.63) is 60.1 Å². The first kappa shape index (κ1) is 29.5. The second-order valence-electron chi connectivity index (χ2n) is 12.3. The summed E-state index contributed by atoms with van der Waals surface area (Å²) < 4.78 is 21.9. The number of ether oxygens (including phenoxy) is 3. The topological polar surface area (TPSA) is 138 Å². The van der Waals surface area contributed by atoms with Gasteiger partial charge in [-0.3, -0.25) is 19.2 Å². The molecule has 2 saturated carbocycles. The minimum absolute atomic E-state index is 0.0145. The van der Waals surface area contributed by atoms with Gasteiger partial charge in [-0.05, 0) is 48.6 Å². The molecule has 1 unspecified atom stereocenters. The van der Waals surface area contributed by atoms with Gasteiger partial charge in [-0.15, -0.1) is 0 Å². The predicted molar refractivity (Wildman–Crippen MR) is 147 cm³/mol. The van der Waals surface area contributed by atoms with E-state index in [0.717, 1.165) is 5.56 Å². The average Bonchev–Trinajstić information content (AvgIpc) is 3.48. The molecule has 1 amide bonds. The van der Waals surface area contributed by atoms with E-state index in [2.05, 4.69) is 5.32 Å². The lowest BCUT2D eigenvalue weighted by Gasteiger charge is -2.61. The molecule has 1 N–H and O–H groups in total. The molecule has 1 aliphatic heterocycles. The third kappa shape index (κ3) is 5.34. The summed E-state index contributed by atoms with van der Waals surface area (Å²) in [5, 5.41) is 2.79. The Labute approximate surface area is 244 Å². The number of benzene rings is 1. The summed E-state index contributed by atoms with van der Waals surface area (Å²) in [6.07, 6.45) is 2.42. The van der Waals surface area contributed by atoms with E-state index in [-0.39, 0.29) is 18.8 Å². The van der Waals surface area contributed by atoms with Crippen molar-refractivity contribution in [2.45, 2.75) is 78.2 Å². The molecule has 3 aliphatic rings. The predicted octanol–water partition coefficient (Wildman–Crippen LogP) is 4.08. The highest BCUT2D eigenvalue weighted by molar-refractivity contribution is 5.94. The Morgan fingerprint density at radius 1 is 1.10 bits per heavy atom. The molecular formula is C32H37NO9. The maximum Gasteiger partial charge on any atom is 0.328 e. The fraction of sp³-hybridized carbons (Fsp3) is 0.531. The Kier molecular flexibility index (Phi) is 8.00. The van der Waals surface area contributed by atoms with Crippen molar-refractivity contribution in [2.24, 2.45) is 28.6 Å². The first-order valence-electron chi connectivity index (χ1n) is 14.4. The summed E-state index contributed by atoms with van der Waals surface area (Å²) in [6, 6.07) is 9.99. The molecule has 1 aromatic carbocycles. The fourth-order valence-corrected chi connectivity index (χ4v) is 7.59. The van der Waals surface area contributed by atoms with Crippen LogP contribution in [0.2, 0.25) is 0 Å². The SMILES string of the molecule is CC(=O)O[C@H]1C[C@@H](C(=O)NC(C)C(=O)OCc2ccccc2)[C@]2(C)CC[C@@H]3C(=O)O[C@H](c4ccoc4)C[C@]3(C)[C@H]2C1=O. The maximum atomic E-state index is 14.1. The second-order valence-corrected chi connectivity index (χ2v) is 12.3. The van der Waals surface area contributed by atoms with Crippen molar-refractivity contribution in [1.82, 2.24) is 5.32 Å². The molecule has 0 radical (unpaired) electrons.